The van der Waals surface area contributed by atoms with Crippen molar-refractivity contribution in [3.8, 4) is 5.75 Å². The Kier molecular flexibility index (Phi) is 4.97. The van der Waals surface area contributed by atoms with Crippen LogP contribution in [0.25, 0.3) is 0 Å². The summed E-state index contributed by atoms with van der Waals surface area (Å²) in [6.07, 6.45) is 1.42. The number of carbonyl (C=O) groups is 1. The SMILES string of the molecule is CCNS(=O)(=O)c1ccc(C)c(C(=O)Nc2ncccc2O)c1. The van der Waals surface area contributed by atoms with E-state index < -0.39 is 15.9 Å². The van der Waals surface area contributed by atoms with Gasteiger partial charge in [0.15, 0.2) is 11.6 Å². The summed E-state index contributed by atoms with van der Waals surface area (Å²) >= 11 is 0. The number of hydrogen-bond donors (Lipinski definition) is 3. The predicted octanol–water partition coefficient (Wildman–Crippen LogP) is 1.65. The molecule has 8 heteroatoms. The molecule has 0 radical (unpaired) electrons. The Balaban J connectivity index is 2.36. The van der Waals surface area contributed by atoms with E-state index in [1.165, 1.54) is 30.5 Å². The zero-order valence-electron chi connectivity index (χ0n) is 12.7. The fourth-order valence-corrected chi connectivity index (χ4v) is 3.02. The molecule has 1 heterocycles. The van der Waals surface area contributed by atoms with Crippen LogP contribution in [0.3, 0.4) is 0 Å². The summed E-state index contributed by atoms with van der Waals surface area (Å²) in [7, 11) is -3.66. The Labute approximate surface area is 134 Å². The van der Waals surface area contributed by atoms with Gasteiger partial charge in [-0.3, -0.25) is 4.79 Å². The van der Waals surface area contributed by atoms with Gasteiger partial charge in [0.1, 0.15) is 0 Å². The Bertz CT molecular complexity index is 834. The number of aromatic nitrogens is 1. The molecular formula is C15H17N3O4S. The van der Waals surface area contributed by atoms with E-state index in [-0.39, 0.29) is 28.6 Å². The van der Waals surface area contributed by atoms with Gasteiger partial charge in [-0.25, -0.2) is 18.1 Å². The van der Waals surface area contributed by atoms with Gasteiger partial charge in [0.05, 0.1) is 4.90 Å². The summed E-state index contributed by atoms with van der Waals surface area (Å²) in [6.45, 7) is 3.61. The standard InChI is InChI=1S/C15H17N3O4S/c1-3-17-23(21,22)11-7-6-10(2)12(9-11)15(20)18-14-13(19)5-4-8-16-14/h4-9,17,19H,3H2,1-2H3,(H,16,18,20). The molecule has 0 aliphatic rings. The molecule has 0 bridgehead atoms. The fourth-order valence-electron chi connectivity index (χ4n) is 1.95. The number of sulfonamides is 1. The molecule has 2 aromatic rings. The van der Waals surface area contributed by atoms with Gasteiger partial charge in [-0.15, -0.1) is 0 Å². The highest BCUT2D eigenvalue weighted by Crippen LogP contribution is 2.21. The van der Waals surface area contributed by atoms with Crippen molar-refractivity contribution in [1.29, 1.82) is 0 Å². The number of aryl methyl sites for hydroxylation is 1. The second-order valence-electron chi connectivity index (χ2n) is 4.80. The lowest BCUT2D eigenvalue weighted by atomic mass is 10.1. The second kappa shape index (κ2) is 6.76. The van der Waals surface area contributed by atoms with Crippen LogP contribution in [0.5, 0.6) is 5.75 Å². The van der Waals surface area contributed by atoms with Crippen LogP contribution in [0.4, 0.5) is 5.82 Å². The van der Waals surface area contributed by atoms with Gasteiger partial charge >= 0.3 is 0 Å². The van der Waals surface area contributed by atoms with Crippen LogP contribution in [0.15, 0.2) is 41.4 Å². The summed E-state index contributed by atoms with van der Waals surface area (Å²) in [5.74, 6) is -0.711. The lowest BCUT2D eigenvalue weighted by Gasteiger charge is -2.11. The van der Waals surface area contributed by atoms with Gasteiger partial charge in [0.25, 0.3) is 5.91 Å². The lowest BCUT2D eigenvalue weighted by molar-refractivity contribution is 0.102. The summed E-state index contributed by atoms with van der Waals surface area (Å²) < 4.78 is 26.4. The minimum absolute atomic E-state index is 0.000317. The number of anilines is 1. The van der Waals surface area contributed by atoms with Crippen molar-refractivity contribution in [2.24, 2.45) is 0 Å². The van der Waals surface area contributed by atoms with Crippen molar-refractivity contribution < 1.29 is 18.3 Å². The molecule has 0 fully saturated rings. The number of carbonyl (C=O) groups excluding carboxylic acids is 1. The monoisotopic (exact) mass is 335 g/mol. The second-order valence-corrected chi connectivity index (χ2v) is 6.57. The maximum absolute atomic E-state index is 12.3. The zero-order valence-corrected chi connectivity index (χ0v) is 13.5. The van der Waals surface area contributed by atoms with Gasteiger partial charge in [-0.2, -0.15) is 0 Å². The van der Waals surface area contributed by atoms with Crippen LogP contribution in [-0.4, -0.2) is 31.0 Å². The van der Waals surface area contributed by atoms with Crippen molar-refractivity contribution in [2.75, 3.05) is 11.9 Å². The highest BCUT2D eigenvalue weighted by molar-refractivity contribution is 7.89. The number of benzene rings is 1. The molecule has 122 valence electrons. The number of hydrogen-bond acceptors (Lipinski definition) is 5. The maximum atomic E-state index is 12.3. The molecule has 7 nitrogen and oxygen atoms in total. The Morgan fingerprint density at radius 1 is 1.30 bits per heavy atom. The third kappa shape index (κ3) is 3.85. The molecule has 2 rings (SSSR count). The minimum atomic E-state index is -3.66. The van der Waals surface area contributed by atoms with Crippen molar-refractivity contribution in [3.63, 3.8) is 0 Å². The molecule has 3 N–H and O–H groups in total. The first-order valence-electron chi connectivity index (χ1n) is 6.91. The molecule has 0 saturated heterocycles. The van der Waals surface area contributed by atoms with Gasteiger partial charge < -0.3 is 10.4 Å². The van der Waals surface area contributed by atoms with Crippen molar-refractivity contribution in [1.82, 2.24) is 9.71 Å². The first-order chi connectivity index (χ1) is 10.8. The van der Waals surface area contributed by atoms with E-state index in [4.69, 9.17) is 0 Å². The molecule has 1 amide bonds. The van der Waals surface area contributed by atoms with Gasteiger partial charge in [-0.05, 0) is 36.8 Å². The fraction of sp³-hybridized carbons (Fsp3) is 0.200. The van der Waals surface area contributed by atoms with Gasteiger partial charge in [-0.1, -0.05) is 13.0 Å². The van der Waals surface area contributed by atoms with Gasteiger partial charge in [0, 0.05) is 18.3 Å². The molecule has 0 saturated carbocycles. The normalized spacial score (nSPS) is 11.2. The summed E-state index contributed by atoms with van der Waals surface area (Å²) in [5.41, 5.74) is 0.794. The van der Waals surface area contributed by atoms with E-state index in [1.807, 2.05) is 0 Å². The van der Waals surface area contributed by atoms with Crippen molar-refractivity contribution in [3.05, 3.63) is 47.7 Å². The maximum Gasteiger partial charge on any atom is 0.257 e. The topological polar surface area (TPSA) is 108 Å². The van der Waals surface area contributed by atoms with Crippen LogP contribution in [0, 0.1) is 6.92 Å². The predicted molar refractivity (Wildman–Crippen MR) is 85.9 cm³/mol. The molecule has 23 heavy (non-hydrogen) atoms. The van der Waals surface area contributed by atoms with E-state index in [1.54, 1.807) is 19.9 Å². The molecule has 1 aromatic heterocycles. The highest BCUT2D eigenvalue weighted by atomic mass is 32.2. The first-order valence-corrected chi connectivity index (χ1v) is 8.39. The average molecular weight is 335 g/mol. The Morgan fingerprint density at radius 2 is 2.04 bits per heavy atom. The molecule has 1 aromatic carbocycles. The molecular weight excluding hydrogens is 318 g/mol. The number of aromatic hydroxyl groups is 1. The summed E-state index contributed by atoms with van der Waals surface area (Å²) in [5, 5.41) is 12.1. The van der Waals surface area contributed by atoms with Crippen molar-refractivity contribution >= 4 is 21.7 Å². The number of amides is 1. The van der Waals surface area contributed by atoms with Crippen LogP contribution in [0.1, 0.15) is 22.8 Å². The van der Waals surface area contributed by atoms with Crippen LogP contribution < -0.4 is 10.0 Å². The molecule has 0 spiro atoms. The average Bonchev–Trinajstić information content (AvgIpc) is 2.49. The Morgan fingerprint density at radius 3 is 2.70 bits per heavy atom. The zero-order chi connectivity index (χ0) is 17.0. The lowest BCUT2D eigenvalue weighted by Crippen LogP contribution is -2.24. The Hall–Kier alpha value is -2.45. The number of nitrogens with one attached hydrogen (secondary N) is 2. The molecule has 0 atom stereocenters. The summed E-state index contributed by atoms with van der Waals surface area (Å²) in [4.78, 5) is 16.2. The number of pyridine rings is 1. The van der Waals surface area contributed by atoms with Crippen LogP contribution in [0.2, 0.25) is 0 Å². The van der Waals surface area contributed by atoms with E-state index in [2.05, 4.69) is 15.0 Å². The third-order valence-corrected chi connectivity index (χ3v) is 4.66. The van der Waals surface area contributed by atoms with E-state index in [9.17, 15) is 18.3 Å². The van der Waals surface area contributed by atoms with Crippen LogP contribution in [-0.2, 0) is 10.0 Å². The first kappa shape index (κ1) is 16.9. The minimum Gasteiger partial charge on any atom is -0.504 e. The highest BCUT2D eigenvalue weighted by Gasteiger charge is 2.18. The largest absolute Gasteiger partial charge is 0.504 e. The van der Waals surface area contributed by atoms with E-state index in [0.717, 1.165) is 0 Å². The number of rotatable bonds is 5. The quantitative estimate of drug-likeness (QED) is 0.770. The van der Waals surface area contributed by atoms with Crippen LogP contribution >= 0.6 is 0 Å². The number of nitrogens with zero attached hydrogens (tertiary/aromatic N) is 1. The van der Waals surface area contributed by atoms with E-state index >= 15 is 0 Å². The van der Waals surface area contributed by atoms with Crippen molar-refractivity contribution in [2.45, 2.75) is 18.7 Å². The smallest absolute Gasteiger partial charge is 0.257 e. The summed E-state index contributed by atoms with van der Waals surface area (Å²) in [6, 6.07) is 7.20. The third-order valence-electron chi connectivity index (χ3n) is 3.12. The molecule has 0 aliphatic heterocycles. The van der Waals surface area contributed by atoms with E-state index in [0.29, 0.717) is 5.56 Å². The van der Waals surface area contributed by atoms with Gasteiger partial charge in [0.2, 0.25) is 10.0 Å². The molecule has 0 aliphatic carbocycles. The molecule has 0 unspecified atom stereocenters.